The molecule has 2 aromatic rings. The summed E-state index contributed by atoms with van der Waals surface area (Å²) < 4.78 is 0. The van der Waals surface area contributed by atoms with Crippen molar-refractivity contribution in [2.45, 2.75) is 47.0 Å². The predicted octanol–water partition coefficient (Wildman–Crippen LogP) is 4.59. The van der Waals surface area contributed by atoms with Crippen LogP contribution in [0.3, 0.4) is 0 Å². The first-order valence-corrected chi connectivity index (χ1v) is 8.85. The van der Waals surface area contributed by atoms with E-state index in [1.807, 2.05) is 56.3 Å². The highest BCUT2D eigenvalue weighted by molar-refractivity contribution is 6.02. The van der Waals surface area contributed by atoms with E-state index in [1.165, 1.54) is 11.8 Å². The summed E-state index contributed by atoms with van der Waals surface area (Å²) in [5.74, 6) is -0.365. The highest BCUT2D eigenvalue weighted by atomic mass is 16.2. The van der Waals surface area contributed by atoms with Gasteiger partial charge in [0, 0.05) is 18.3 Å². The average molecular weight is 352 g/mol. The van der Waals surface area contributed by atoms with Gasteiger partial charge in [-0.25, -0.2) is 0 Å². The summed E-state index contributed by atoms with van der Waals surface area (Å²) >= 11 is 0. The quantitative estimate of drug-likeness (QED) is 0.875. The van der Waals surface area contributed by atoms with Crippen molar-refractivity contribution < 1.29 is 9.59 Å². The Kier molecular flexibility index (Phi) is 5.86. The van der Waals surface area contributed by atoms with Crippen molar-refractivity contribution in [3.63, 3.8) is 0 Å². The topological polar surface area (TPSA) is 49.4 Å². The molecule has 0 atom stereocenters. The summed E-state index contributed by atoms with van der Waals surface area (Å²) in [5.41, 5.74) is 4.63. The molecule has 2 rings (SSSR count). The van der Waals surface area contributed by atoms with Crippen molar-refractivity contribution in [3.05, 3.63) is 59.2 Å². The summed E-state index contributed by atoms with van der Waals surface area (Å²) in [5, 5.41) is 2.97. The Morgan fingerprint density at radius 1 is 1.00 bits per heavy atom. The Bertz CT molecular complexity index is 819. The first-order chi connectivity index (χ1) is 12.1. The molecule has 0 aliphatic carbocycles. The summed E-state index contributed by atoms with van der Waals surface area (Å²) in [7, 11) is 0. The highest BCUT2D eigenvalue weighted by Gasteiger charge is 2.21. The molecule has 0 heterocycles. The molecular formula is C22H28N2O2. The first-order valence-electron chi connectivity index (χ1n) is 8.85. The Labute approximate surface area is 156 Å². The maximum absolute atomic E-state index is 12.7. The van der Waals surface area contributed by atoms with E-state index >= 15 is 0 Å². The van der Waals surface area contributed by atoms with E-state index in [2.05, 4.69) is 26.1 Å². The molecule has 1 N–H and O–H groups in total. The first kappa shape index (κ1) is 19.7. The van der Waals surface area contributed by atoms with E-state index < -0.39 is 0 Å². The fraction of sp³-hybridized carbons (Fsp3) is 0.364. The van der Waals surface area contributed by atoms with Gasteiger partial charge in [-0.3, -0.25) is 9.59 Å². The minimum atomic E-state index is -0.210. The summed E-state index contributed by atoms with van der Waals surface area (Å²) in [4.78, 5) is 26.4. The van der Waals surface area contributed by atoms with Gasteiger partial charge in [0.2, 0.25) is 11.8 Å². The van der Waals surface area contributed by atoms with Crippen LogP contribution in [0.4, 0.5) is 11.4 Å². The van der Waals surface area contributed by atoms with Crippen LogP contribution in [0.5, 0.6) is 0 Å². The van der Waals surface area contributed by atoms with Crippen molar-refractivity contribution >= 4 is 23.2 Å². The van der Waals surface area contributed by atoms with Crippen LogP contribution in [0.2, 0.25) is 0 Å². The van der Waals surface area contributed by atoms with Crippen molar-refractivity contribution in [2.24, 2.45) is 0 Å². The van der Waals surface area contributed by atoms with E-state index in [0.29, 0.717) is 0 Å². The molecule has 4 nitrogen and oxygen atoms in total. The van der Waals surface area contributed by atoms with Gasteiger partial charge >= 0.3 is 0 Å². The van der Waals surface area contributed by atoms with Gasteiger partial charge in [-0.2, -0.15) is 0 Å². The zero-order valence-electron chi connectivity index (χ0n) is 16.5. The second kappa shape index (κ2) is 7.73. The molecule has 0 bridgehead atoms. The van der Waals surface area contributed by atoms with Gasteiger partial charge < -0.3 is 10.2 Å². The number of hydrogen-bond acceptors (Lipinski definition) is 2. The summed E-state index contributed by atoms with van der Waals surface area (Å²) in [6.45, 7) is 11.8. The van der Waals surface area contributed by atoms with Gasteiger partial charge in [0.05, 0.1) is 0 Å². The molecule has 138 valence electrons. The van der Waals surface area contributed by atoms with E-state index in [-0.39, 0.29) is 23.8 Å². The summed E-state index contributed by atoms with van der Waals surface area (Å²) in [6.07, 6.45) is 0. The van der Waals surface area contributed by atoms with Gasteiger partial charge in [0.1, 0.15) is 6.54 Å². The van der Waals surface area contributed by atoms with Gasteiger partial charge in [0.25, 0.3) is 0 Å². The number of nitrogens with zero attached hydrogens (tertiary/aromatic N) is 1. The minimum absolute atomic E-state index is 0.0158. The highest BCUT2D eigenvalue weighted by Crippen LogP contribution is 2.29. The molecule has 0 fully saturated rings. The van der Waals surface area contributed by atoms with Crippen LogP contribution < -0.4 is 10.2 Å². The van der Waals surface area contributed by atoms with Crippen LogP contribution >= 0.6 is 0 Å². The zero-order valence-corrected chi connectivity index (χ0v) is 16.5. The lowest BCUT2D eigenvalue weighted by Gasteiger charge is -2.25. The molecule has 2 aromatic carbocycles. The van der Waals surface area contributed by atoms with Crippen molar-refractivity contribution in [3.8, 4) is 0 Å². The van der Waals surface area contributed by atoms with Gasteiger partial charge in [-0.05, 0) is 48.1 Å². The van der Waals surface area contributed by atoms with Gasteiger partial charge in [-0.1, -0.05) is 51.1 Å². The second-order valence-corrected chi connectivity index (χ2v) is 7.67. The zero-order chi connectivity index (χ0) is 19.5. The molecule has 0 saturated carbocycles. The number of rotatable bonds is 4. The SMILES string of the molecule is CC(=O)N(CC(=O)Nc1ccccc1C(C)(C)C)c1cccc(C)c1C. The molecular weight excluding hydrogens is 324 g/mol. The number of para-hydroxylation sites is 1. The maximum atomic E-state index is 12.7. The number of carbonyl (C=O) groups excluding carboxylic acids is 2. The number of benzene rings is 2. The van der Waals surface area contributed by atoms with Crippen LogP contribution in [0, 0.1) is 13.8 Å². The van der Waals surface area contributed by atoms with Crippen molar-refractivity contribution in [1.82, 2.24) is 0 Å². The van der Waals surface area contributed by atoms with Crippen LogP contribution in [0.15, 0.2) is 42.5 Å². The molecule has 0 unspecified atom stereocenters. The molecule has 2 amide bonds. The summed E-state index contributed by atoms with van der Waals surface area (Å²) in [6, 6.07) is 13.6. The number of nitrogens with one attached hydrogen (secondary N) is 1. The van der Waals surface area contributed by atoms with Gasteiger partial charge in [0.15, 0.2) is 0 Å². The fourth-order valence-corrected chi connectivity index (χ4v) is 2.97. The number of amides is 2. The minimum Gasteiger partial charge on any atom is -0.324 e. The van der Waals surface area contributed by atoms with Crippen molar-refractivity contribution in [2.75, 3.05) is 16.8 Å². The van der Waals surface area contributed by atoms with Crippen LogP contribution in [-0.2, 0) is 15.0 Å². The molecule has 0 aliphatic heterocycles. The molecule has 0 saturated heterocycles. The van der Waals surface area contributed by atoms with Crippen LogP contribution in [0.1, 0.15) is 44.4 Å². The Balaban J connectivity index is 2.25. The standard InChI is InChI=1S/C22H28N2O2/c1-15-10-9-13-20(16(15)2)24(17(3)25)14-21(26)23-19-12-8-7-11-18(19)22(4,5)6/h7-13H,14H2,1-6H3,(H,23,26). The molecule has 0 spiro atoms. The smallest absolute Gasteiger partial charge is 0.244 e. The lowest BCUT2D eigenvalue weighted by atomic mass is 9.86. The third kappa shape index (κ3) is 4.51. The monoisotopic (exact) mass is 352 g/mol. The molecule has 0 aliphatic rings. The van der Waals surface area contributed by atoms with E-state index in [4.69, 9.17) is 0 Å². The fourth-order valence-electron chi connectivity index (χ4n) is 2.97. The lowest BCUT2D eigenvalue weighted by Crippen LogP contribution is -2.37. The second-order valence-electron chi connectivity index (χ2n) is 7.67. The Hall–Kier alpha value is -2.62. The number of anilines is 2. The normalized spacial score (nSPS) is 11.2. The lowest BCUT2D eigenvalue weighted by molar-refractivity contribution is -0.120. The van der Waals surface area contributed by atoms with Crippen LogP contribution in [0.25, 0.3) is 0 Å². The molecule has 4 heteroatoms. The van der Waals surface area contributed by atoms with Crippen LogP contribution in [-0.4, -0.2) is 18.4 Å². The van der Waals surface area contributed by atoms with E-state index in [1.54, 1.807) is 0 Å². The Morgan fingerprint density at radius 3 is 2.27 bits per heavy atom. The predicted molar refractivity (Wildman–Crippen MR) is 108 cm³/mol. The van der Waals surface area contributed by atoms with Crippen molar-refractivity contribution in [1.29, 1.82) is 0 Å². The number of hydrogen-bond donors (Lipinski definition) is 1. The van der Waals surface area contributed by atoms with E-state index in [0.717, 1.165) is 28.1 Å². The molecule has 0 aromatic heterocycles. The van der Waals surface area contributed by atoms with E-state index in [9.17, 15) is 9.59 Å². The third-order valence-electron chi connectivity index (χ3n) is 4.56. The molecule has 26 heavy (non-hydrogen) atoms. The Morgan fingerprint density at radius 2 is 1.65 bits per heavy atom. The average Bonchev–Trinajstić information content (AvgIpc) is 2.55. The van der Waals surface area contributed by atoms with Gasteiger partial charge in [-0.15, -0.1) is 0 Å². The third-order valence-corrected chi connectivity index (χ3v) is 4.56. The molecule has 0 radical (unpaired) electrons. The number of aryl methyl sites for hydroxylation is 1. The largest absolute Gasteiger partial charge is 0.324 e. The maximum Gasteiger partial charge on any atom is 0.244 e. The number of carbonyl (C=O) groups is 2.